The molecular weight excluding hydrogens is 348 g/mol. The monoisotopic (exact) mass is 376 g/mol. The van der Waals surface area contributed by atoms with E-state index in [2.05, 4.69) is 28.4 Å². The highest BCUT2D eigenvalue weighted by Gasteiger charge is 2.30. The molecule has 0 bridgehead atoms. The second kappa shape index (κ2) is 8.31. The minimum atomic E-state index is 0.117. The van der Waals surface area contributed by atoms with Crippen LogP contribution in [0.4, 0.5) is 0 Å². The number of nitrogens with zero attached hydrogens (tertiary/aromatic N) is 4. The molecule has 0 aliphatic carbocycles. The van der Waals surface area contributed by atoms with Crippen LogP contribution < -0.4 is 0 Å². The van der Waals surface area contributed by atoms with Crippen molar-refractivity contribution in [3.8, 4) is 0 Å². The molecule has 26 heavy (non-hydrogen) atoms. The second-order valence-electron chi connectivity index (χ2n) is 7.18. The molecule has 7 heteroatoms. The van der Waals surface area contributed by atoms with Crippen LogP contribution in [-0.4, -0.2) is 52.1 Å². The van der Waals surface area contributed by atoms with E-state index in [1.165, 1.54) is 0 Å². The van der Waals surface area contributed by atoms with Gasteiger partial charge in [-0.2, -0.15) is 0 Å². The van der Waals surface area contributed by atoms with E-state index in [1.807, 2.05) is 24.2 Å². The zero-order valence-electron chi connectivity index (χ0n) is 16.1. The maximum absolute atomic E-state index is 13.1. The first-order valence-corrected chi connectivity index (χ1v) is 10.1. The van der Waals surface area contributed by atoms with E-state index in [0.29, 0.717) is 12.5 Å². The minimum Gasteiger partial charge on any atom is -0.383 e. The van der Waals surface area contributed by atoms with Gasteiger partial charge in [-0.05, 0) is 19.8 Å². The molecular formula is C19H28N4O2S. The molecule has 1 amide bonds. The Morgan fingerprint density at radius 1 is 1.46 bits per heavy atom. The summed E-state index contributed by atoms with van der Waals surface area (Å²) in [5, 5.41) is 1.04. The van der Waals surface area contributed by atoms with Crippen molar-refractivity contribution in [2.45, 2.75) is 52.0 Å². The summed E-state index contributed by atoms with van der Waals surface area (Å²) in [5.41, 5.74) is 0.854. The van der Waals surface area contributed by atoms with E-state index >= 15 is 0 Å². The first-order chi connectivity index (χ1) is 12.5. The first kappa shape index (κ1) is 19.0. The smallest absolute Gasteiger partial charge is 0.265 e. The maximum Gasteiger partial charge on any atom is 0.265 e. The third-order valence-electron chi connectivity index (χ3n) is 4.86. The molecule has 1 aliphatic rings. The lowest BCUT2D eigenvalue weighted by atomic mass is 9.97. The Balaban J connectivity index is 1.74. The molecule has 1 aliphatic heterocycles. The van der Waals surface area contributed by atoms with Crippen molar-refractivity contribution in [1.29, 1.82) is 0 Å². The number of rotatable bonds is 6. The molecule has 3 rings (SSSR count). The second-order valence-corrected chi connectivity index (χ2v) is 8.21. The SMILES string of the molecule is COCCn1ccnc1[C@H]1CCCN(C(=O)c2sc(C(C)C)nc2C)C1. The lowest BCUT2D eigenvalue weighted by Crippen LogP contribution is -2.39. The summed E-state index contributed by atoms with van der Waals surface area (Å²) in [6, 6.07) is 0. The van der Waals surface area contributed by atoms with Crippen molar-refractivity contribution in [3.63, 3.8) is 0 Å². The van der Waals surface area contributed by atoms with Gasteiger partial charge in [0.1, 0.15) is 10.7 Å². The summed E-state index contributed by atoms with van der Waals surface area (Å²) in [6.45, 7) is 9.15. The highest BCUT2D eigenvalue weighted by molar-refractivity contribution is 7.13. The number of methoxy groups -OCH3 is 1. The van der Waals surface area contributed by atoms with Gasteiger partial charge in [-0.1, -0.05) is 13.8 Å². The highest BCUT2D eigenvalue weighted by atomic mass is 32.1. The number of thiazole rings is 1. The number of likely N-dealkylation sites (tertiary alicyclic amines) is 1. The van der Waals surface area contributed by atoms with E-state index in [0.717, 1.165) is 53.9 Å². The number of imidazole rings is 1. The molecule has 0 N–H and O–H groups in total. The van der Waals surface area contributed by atoms with Crippen LogP contribution in [0.15, 0.2) is 12.4 Å². The number of amides is 1. The molecule has 2 aromatic rings. The van der Waals surface area contributed by atoms with Gasteiger partial charge in [-0.15, -0.1) is 11.3 Å². The van der Waals surface area contributed by atoms with Crippen molar-refractivity contribution in [2.75, 3.05) is 26.8 Å². The van der Waals surface area contributed by atoms with Crippen LogP contribution in [0.3, 0.4) is 0 Å². The number of carbonyl (C=O) groups excluding carboxylic acids is 1. The lowest BCUT2D eigenvalue weighted by Gasteiger charge is -2.32. The van der Waals surface area contributed by atoms with Crippen molar-refractivity contribution < 1.29 is 9.53 Å². The molecule has 1 atom stereocenters. The highest BCUT2D eigenvalue weighted by Crippen LogP contribution is 2.30. The third kappa shape index (κ3) is 3.99. The van der Waals surface area contributed by atoms with E-state index in [-0.39, 0.29) is 11.8 Å². The fourth-order valence-electron chi connectivity index (χ4n) is 3.44. The molecule has 3 heterocycles. The quantitative estimate of drug-likeness (QED) is 0.775. The molecule has 0 radical (unpaired) electrons. The van der Waals surface area contributed by atoms with Gasteiger partial charge in [0.15, 0.2) is 0 Å². The van der Waals surface area contributed by atoms with Crippen LogP contribution in [0, 0.1) is 6.92 Å². The fraction of sp³-hybridized carbons (Fsp3) is 0.632. The third-order valence-corrected chi connectivity index (χ3v) is 6.31. The summed E-state index contributed by atoms with van der Waals surface area (Å²) >= 11 is 1.54. The molecule has 142 valence electrons. The van der Waals surface area contributed by atoms with Gasteiger partial charge in [0.25, 0.3) is 5.91 Å². The predicted molar refractivity (Wildman–Crippen MR) is 103 cm³/mol. The zero-order valence-corrected chi connectivity index (χ0v) is 16.9. The first-order valence-electron chi connectivity index (χ1n) is 9.27. The fourth-order valence-corrected chi connectivity index (χ4v) is 4.48. The Kier molecular flexibility index (Phi) is 6.09. The zero-order chi connectivity index (χ0) is 18.7. The van der Waals surface area contributed by atoms with E-state index in [4.69, 9.17) is 4.74 Å². The van der Waals surface area contributed by atoms with E-state index in [9.17, 15) is 4.79 Å². The predicted octanol–water partition coefficient (Wildman–Crippen LogP) is 3.44. The average molecular weight is 377 g/mol. The Bertz CT molecular complexity index is 753. The average Bonchev–Trinajstić information content (AvgIpc) is 3.26. The standard InChI is InChI=1S/C19H28N4O2S/c1-13(2)18-21-14(3)16(26-18)19(24)23-8-5-6-15(12-23)17-20-7-9-22(17)10-11-25-4/h7,9,13,15H,5-6,8,10-12H2,1-4H3/t15-/m0/s1. The molecule has 0 unspecified atom stereocenters. The maximum atomic E-state index is 13.1. The number of hydrogen-bond donors (Lipinski definition) is 0. The number of piperidine rings is 1. The van der Waals surface area contributed by atoms with Gasteiger partial charge >= 0.3 is 0 Å². The summed E-state index contributed by atoms with van der Waals surface area (Å²) < 4.78 is 7.34. The van der Waals surface area contributed by atoms with Gasteiger partial charge in [0, 0.05) is 51.0 Å². The summed E-state index contributed by atoms with van der Waals surface area (Å²) in [7, 11) is 1.71. The topological polar surface area (TPSA) is 60.2 Å². The normalized spacial score (nSPS) is 17.9. The van der Waals surface area contributed by atoms with Crippen LogP contribution in [0.25, 0.3) is 0 Å². The largest absolute Gasteiger partial charge is 0.383 e. The van der Waals surface area contributed by atoms with Gasteiger partial charge in [0.2, 0.25) is 0 Å². The Morgan fingerprint density at radius 3 is 2.96 bits per heavy atom. The van der Waals surface area contributed by atoms with Crippen molar-refractivity contribution in [1.82, 2.24) is 19.4 Å². The van der Waals surface area contributed by atoms with Crippen LogP contribution in [0.2, 0.25) is 0 Å². The summed E-state index contributed by atoms with van der Waals surface area (Å²) in [5.74, 6) is 1.80. The van der Waals surface area contributed by atoms with E-state index in [1.54, 1.807) is 18.4 Å². The van der Waals surface area contributed by atoms with Gasteiger partial charge < -0.3 is 14.2 Å². The molecule has 0 spiro atoms. The Hall–Kier alpha value is -1.73. The molecule has 1 fully saturated rings. The molecule has 0 aromatic carbocycles. The minimum absolute atomic E-state index is 0.117. The van der Waals surface area contributed by atoms with Crippen molar-refractivity contribution >= 4 is 17.2 Å². The number of ether oxygens (including phenoxy) is 1. The number of aryl methyl sites for hydroxylation is 1. The van der Waals surface area contributed by atoms with Crippen molar-refractivity contribution in [2.24, 2.45) is 0 Å². The molecule has 2 aromatic heterocycles. The lowest BCUT2D eigenvalue weighted by molar-refractivity contribution is 0.0706. The Labute approximate surface area is 159 Å². The van der Waals surface area contributed by atoms with Crippen LogP contribution >= 0.6 is 11.3 Å². The van der Waals surface area contributed by atoms with E-state index < -0.39 is 0 Å². The summed E-state index contributed by atoms with van der Waals surface area (Å²) in [4.78, 5) is 25.0. The number of hydrogen-bond acceptors (Lipinski definition) is 5. The van der Waals surface area contributed by atoms with Crippen LogP contribution in [0.1, 0.15) is 64.7 Å². The number of carbonyl (C=O) groups is 1. The van der Waals surface area contributed by atoms with Gasteiger partial charge in [-0.3, -0.25) is 4.79 Å². The van der Waals surface area contributed by atoms with Gasteiger partial charge in [0.05, 0.1) is 17.3 Å². The van der Waals surface area contributed by atoms with Crippen LogP contribution in [0.5, 0.6) is 0 Å². The summed E-state index contributed by atoms with van der Waals surface area (Å²) in [6.07, 6.45) is 5.90. The van der Waals surface area contributed by atoms with Crippen molar-refractivity contribution in [3.05, 3.63) is 33.8 Å². The Morgan fingerprint density at radius 2 is 2.27 bits per heavy atom. The van der Waals surface area contributed by atoms with Crippen LogP contribution in [-0.2, 0) is 11.3 Å². The molecule has 1 saturated heterocycles. The molecule has 6 nitrogen and oxygen atoms in total. The number of aromatic nitrogens is 3. The van der Waals surface area contributed by atoms with Gasteiger partial charge in [-0.25, -0.2) is 9.97 Å². The molecule has 0 saturated carbocycles.